The molecule has 0 atom stereocenters. The lowest BCUT2D eigenvalue weighted by Crippen LogP contribution is -2.36. The number of carbonyl (C=O) groups excluding carboxylic acids is 1. The lowest BCUT2D eigenvalue weighted by Gasteiger charge is -2.26. The maximum atomic E-state index is 12.9. The Balaban J connectivity index is 2.35. The van der Waals surface area contributed by atoms with E-state index in [0.29, 0.717) is 13.1 Å². The van der Waals surface area contributed by atoms with Crippen molar-refractivity contribution in [3.8, 4) is 6.07 Å². The number of benzene rings is 1. The van der Waals surface area contributed by atoms with E-state index in [2.05, 4.69) is 0 Å². The molecule has 122 valence electrons. The average Bonchev–Trinajstić information content (AvgIpc) is 2.53. The minimum absolute atomic E-state index is 0.00315. The molecule has 1 saturated heterocycles. The van der Waals surface area contributed by atoms with E-state index in [1.165, 1.54) is 12.1 Å². The third-order valence-corrected chi connectivity index (χ3v) is 4.05. The lowest BCUT2D eigenvalue weighted by molar-refractivity contribution is -0.137. The Kier molecular flexibility index (Phi) is 5.32. The molecule has 0 radical (unpaired) electrons. The molecule has 0 bridgehead atoms. The number of halogens is 4. The summed E-state index contributed by atoms with van der Waals surface area (Å²) in [5.74, 6) is -0.472. The van der Waals surface area contributed by atoms with Crippen molar-refractivity contribution in [2.24, 2.45) is 0 Å². The number of nitrogens with zero attached hydrogens (tertiary/aromatic N) is 2. The van der Waals surface area contributed by atoms with Gasteiger partial charge in [0.25, 0.3) is 5.91 Å². The third-order valence-electron chi connectivity index (χ3n) is 3.63. The highest BCUT2D eigenvalue weighted by Crippen LogP contribution is 2.36. The van der Waals surface area contributed by atoms with E-state index < -0.39 is 22.7 Å². The SMILES string of the molecule is N#C/C(=C\c1cccc(C(F)(F)F)c1Cl)C(=O)N1CCCCC1. The topological polar surface area (TPSA) is 44.1 Å². The second-order valence-corrected chi connectivity index (χ2v) is 5.61. The molecule has 1 heterocycles. The number of likely N-dealkylation sites (tertiary alicyclic amines) is 1. The van der Waals surface area contributed by atoms with Crippen LogP contribution in [0.25, 0.3) is 6.08 Å². The summed E-state index contributed by atoms with van der Waals surface area (Å²) in [6.45, 7) is 1.10. The molecule has 1 aliphatic rings. The molecule has 2 rings (SSSR count). The number of alkyl halides is 3. The van der Waals surface area contributed by atoms with Crippen molar-refractivity contribution in [1.82, 2.24) is 4.90 Å². The van der Waals surface area contributed by atoms with Crippen molar-refractivity contribution in [3.05, 3.63) is 39.9 Å². The number of nitriles is 1. The first-order chi connectivity index (χ1) is 10.8. The maximum Gasteiger partial charge on any atom is 0.417 e. The van der Waals surface area contributed by atoms with Gasteiger partial charge in [-0.05, 0) is 37.0 Å². The predicted octanol–water partition coefficient (Wildman–Crippen LogP) is 4.28. The smallest absolute Gasteiger partial charge is 0.338 e. The van der Waals surface area contributed by atoms with Crippen molar-refractivity contribution in [3.63, 3.8) is 0 Å². The van der Waals surface area contributed by atoms with Gasteiger partial charge < -0.3 is 4.90 Å². The second-order valence-electron chi connectivity index (χ2n) is 5.23. The molecule has 1 amide bonds. The first kappa shape index (κ1) is 17.4. The van der Waals surface area contributed by atoms with Crippen molar-refractivity contribution < 1.29 is 18.0 Å². The van der Waals surface area contributed by atoms with Crippen LogP contribution in [-0.4, -0.2) is 23.9 Å². The normalized spacial score (nSPS) is 16.1. The Morgan fingerprint density at radius 3 is 2.48 bits per heavy atom. The summed E-state index contributed by atoms with van der Waals surface area (Å²) < 4.78 is 38.6. The molecule has 0 aliphatic carbocycles. The molecule has 0 aromatic heterocycles. The van der Waals surface area contributed by atoms with Crippen LogP contribution in [0.2, 0.25) is 5.02 Å². The molecule has 7 heteroatoms. The van der Waals surface area contributed by atoms with Gasteiger partial charge in [0.05, 0.1) is 10.6 Å². The number of rotatable bonds is 2. The van der Waals surface area contributed by atoms with E-state index in [0.717, 1.165) is 31.4 Å². The van der Waals surface area contributed by atoms with Crippen molar-refractivity contribution in [2.75, 3.05) is 13.1 Å². The molecule has 23 heavy (non-hydrogen) atoms. The van der Waals surface area contributed by atoms with Crippen molar-refractivity contribution in [1.29, 1.82) is 5.26 Å². The van der Waals surface area contributed by atoms with Gasteiger partial charge >= 0.3 is 6.18 Å². The summed E-state index contributed by atoms with van der Waals surface area (Å²) in [5.41, 5.74) is -1.20. The van der Waals surface area contributed by atoms with E-state index in [-0.39, 0.29) is 11.1 Å². The molecule has 0 N–H and O–H groups in total. The van der Waals surface area contributed by atoms with Gasteiger partial charge in [0.2, 0.25) is 0 Å². The number of amides is 1. The van der Waals surface area contributed by atoms with Crippen LogP contribution in [-0.2, 0) is 11.0 Å². The summed E-state index contributed by atoms with van der Waals surface area (Å²) in [5, 5.41) is 8.66. The zero-order valence-electron chi connectivity index (χ0n) is 12.2. The summed E-state index contributed by atoms with van der Waals surface area (Å²) in [6, 6.07) is 5.16. The van der Waals surface area contributed by atoms with E-state index in [9.17, 15) is 23.2 Å². The molecule has 3 nitrogen and oxygen atoms in total. The van der Waals surface area contributed by atoms with Gasteiger partial charge in [0.1, 0.15) is 11.6 Å². The number of hydrogen-bond donors (Lipinski definition) is 0. The minimum atomic E-state index is -4.59. The lowest BCUT2D eigenvalue weighted by atomic mass is 10.1. The van der Waals surface area contributed by atoms with E-state index in [1.807, 2.05) is 0 Å². The van der Waals surface area contributed by atoms with Crippen molar-refractivity contribution in [2.45, 2.75) is 25.4 Å². The van der Waals surface area contributed by atoms with Crippen LogP contribution in [0.4, 0.5) is 13.2 Å². The summed E-state index contributed by atoms with van der Waals surface area (Å²) in [7, 11) is 0. The molecular weight excluding hydrogens is 329 g/mol. The fourth-order valence-corrected chi connectivity index (χ4v) is 2.73. The largest absolute Gasteiger partial charge is 0.417 e. The zero-order chi connectivity index (χ0) is 17.0. The highest BCUT2D eigenvalue weighted by Gasteiger charge is 2.33. The molecule has 0 unspecified atom stereocenters. The van der Waals surface area contributed by atoms with Crippen LogP contribution in [0.15, 0.2) is 23.8 Å². The molecule has 1 aromatic rings. The minimum Gasteiger partial charge on any atom is -0.338 e. The van der Waals surface area contributed by atoms with Crippen LogP contribution in [0.5, 0.6) is 0 Å². The van der Waals surface area contributed by atoms with Crippen LogP contribution >= 0.6 is 11.6 Å². The standard InChI is InChI=1S/C16H14ClF3N2O/c17-14-11(5-4-6-13(14)16(18,19)20)9-12(10-21)15(23)22-7-2-1-3-8-22/h4-6,9H,1-3,7-8H2/b12-9+. The Bertz CT molecular complexity index is 671. The van der Waals surface area contributed by atoms with Gasteiger partial charge in [-0.3, -0.25) is 4.79 Å². The molecular formula is C16H14ClF3N2O. The van der Waals surface area contributed by atoms with Crippen LogP contribution in [0.1, 0.15) is 30.4 Å². The average molecular weight is 343 g/mol. The number of piperidine rings is 1. The zero-order valence-corrected chi connectivity index (χ0v) is 12.9. The van der Waals surface area contributed by atoms with Gasteiger partial charge in [0, 0.05) is 13.1 Å². The van der Waals surface area contributed by atoms with Gasteiger partial charge in [0.15, 0.2) is 0 Å². The summed E-state index contributed by atoms with van der Waals surface area (Å²) in [4.78, 5) is 13.8. The number of hydrogen-bond acceptors (Lipinski definition) is 2. The maximum absolute atomic E-state index is 12.9. The van der Waals surface area contributed by atoms with Crippen LogP contribution in [0, 0.1) is 11.3 Å². The fraction of sp³-hybridized carbons (Fsp3) is 0.375. The third kappa shape index (κ3) is 4.05. The van der Waals surface area contributed by atoms with Gasteiger partial charge in [-0.2, -0.15) is 18.4 Å². The van der Waals surface area contributed by atoms with E-state index in [4.69, 9.17) is 11.6 Å². The highest BCUT2D eigenvalue weighted by atomic mass is 35.5. The van der Waals surface area contributed by atoms with Crippen molar-refractivity contribution >= 4 is 23.6 Å². The predicted molar refractivity (Wildman–Crippen MR) is 80.5 cm³/mol. The van der Waals surface area contributed by atoms with Gasteiger partial charge in [-0.1, -0.05) is 23.7 Å². The quantitative estimate of drug-likeness (QED) is 0.595. The highest BCUT2D eigenvalue weighted by molar-refractivity contribution is 6.33. The van der Waals surface area contributed by atoms with Gasteiger partial charge in [-0.25, -0.2) is 0 Å². The monoisotopic (exact) mass is 342 g/mol. The Labute approximate surface area is 136 Å². The first-order valence-electron chi connectivity index (χ1n) is 7.11. The Hall–Kier alpha value is -2.00. The summed E-state index contributed by atoms with van der Waals surface area (Å²) in [6.07, 6.45) is -0.739. The van der Waals surface area contributed by atoms with E-state index >= 15 is 0 Å². The molecule has 0 saturated carbocycles. The molecule has 1 fully saturated rings. The molecule has 1 aromatic carbocycles. The number of carbonyl (C=O) groups is 1. The first-order valence-corrected chi connectivity index (χ1v) is 7.49. The molecule has 0 spiro atoms. The van der Waals surface area contributed by atoms with Crippen LogP contribution < -0.4 is 0 Å². The second kappa shape index (κ2) is 7.05. The Morgan fingerprint density at radius 1 is 1.26 bits per heavy atom. The Morgan fingerprint density at radius 2 is 1.91 bits per heavy atom. The van der Waals surface area contributed by atoms with Crippen LogP contribution in [0.3, 0.4) is 0 Å². The summed E-state index contributed by atoms with van der Waals surface area (Å²) >= 11 is 5.79. The van der Waals surface area contributed by atoms with Gasteiger partial charge in [-0.15, -0.1) is 0 Å². The molecule has 1 aliphatic heterocycles. The van der Waals surface area contributed by atoms with E-state index in [1.54, 1.807) is 11.0 Å². The fourth-order valence-electron chi connectivity index (χ4n) is 2.44.